The van der Waals surface area contributed by atoms with Crippen LogP contribution >= 0.6 is 0 Å². The van der Waals surface area contributed by atoms with Crippen LogP contribution in [0.1, 0.15) is 37.1 Å². The van der Waals surface area contributed by atoms with Crippen molar-refractivity contribution >= 4 is 11.7 Å². The smallest absolute Gasteiger partial charge is 0.381 e. The van der Waals surface area contributed by atoms with Gasteiger partial charge in [-0.1, -0.05) is 30.3 Å². The molecule has 5 rings (SSSR count). The molecule has 3 aliphatic rings. The number of ether oxygens (including phenoxy) is 1. The second kappa shape index (κ2) is 8.49. The number of aromatic nitrogens is 2. The highest BCUT2D eigenvalue weighted by Crippen LogP contribution is 2.47. The molecule has 34 heavy (non-hydrogen) atoms. The molecule has 1 saturated carbocycles. The summed E-state index contributed by atoms with van der Waals surface area (Å²) in [5.74, 6) is -0.682. The van der Waals surface area contributed by atoms with Crippen LogP contribution in [0.3, 0.4) is 0 Å². The summed E-state index contributed by atoms with van der Waals surface area (Å²) < 4.78 is 43.8. The lowest BCUT2D eigenvalue weighted by atomic mass is 9.68. The Labute approximate surface area is 196 Å². The minimum Gasteiger partial charge on any atom is -0.381 e. The number of hydrogen-bond donors (Lipinski definition) is 1. The minimum atomic E-state index is -4.62. The van der Waals surface area contributed by atoms with Crippen LogP contribution in [-0.4, -0.2) is 59.8 Å². The van der Waals surface area contributed by atoms with Crippen molar-refractivity contribution in [2.75, 3.05) is 38.3 Å². The van der Waals surface area contributed by atoms with Crippen LogP contribution in [0.4, 0.5) is 23.7 Å². The number of halogens is 3. The molecule has 7 nitrogen and oxygen atoms in total. The molecule has 182 valence electrons. The number of nitrogens with zero attached hydrogens (tertiary/aromatic N) is 4. The van der Waals surface area contributed by atoms with E-state index in [1.165, 1.54) is 10.5 Å². The van der Waals surface area contributed by atoms with Crippen LogP contribution in [0, 0.1) is 5.92 Å². The van der Waals surface area contributed by atoms with E-state index in [0.717, 1.165) is 57.8 Å². The third-order valence-electron chi connectivity index (χ3n) is 7.60. The Bertz CT molecular complexity index is 1020. The molecular formula is C24H28F3N5O2. The quantitative estimate of drug-likeness (QED) is 0.712. The van der Waals surface area contributed by atoms with Gasteiger partial charge in [-0.15, -0.1) is 0 Å². The van der Waals surface area contributed by atoms with Crippen molar-refractivity contribution in [3.63, 3.8) is 0 Å². The number of carbonyl (C=O) groups excluding carboxylic acids is 1. The van der Waals surface area contributed by atoms with Crippen LogP contribution in [0.25, 0.3) is 0 Å². The predicted molar refractivity (Wildman–Crippen MR) is 119 cm³/mol. The number of anilines is 1. The standard InChI is InChI=1S/C24H28F3N5O2/c1-31(13-17-14-34-15-17)23(18-5-3-2-4-6-18)9-7-22(8-10-23)16-32(21(33)30-22)19-11-28-20(29-12-19)24(25,26)27/h2-6,11-12,17H,7-10,13-16H2,1H3,(H,30,33)/t22-,23+. The molecule has 3 fully saturated rings. The van der Waals surface area contributed by atoms with Crippen molar-refractivity contribution in [1.82, 2.24) is 20.2 Å². The van der Waals surface area contributed by atoms with Crippen molar-refractivity contribution in [2.24, 2.45) is 5.92 Å². The minimum absolute atomic E-state index is 0.141. The van der Waals surface area contributed by atoms with Gasteiger partial charge in [-0.25, -0.2) is 14.8 Å². The van der Waals surface area contributed by atoms with E-state index in [1.807, 2.05) is 6.07 Å². The molecule has 1 N–H and O–H groups in total. The van der Waals surface area contributed by atoms with Gasteiger partial charge < -0.3 is 10.1 Å². The lowest BCUT2D eigenvalue weighted by molar-refractivity contribution is -0.144. The summed E-state index contributed by atoms with van der Waals surface area (Å²) in [6, 6.07) is 10.2. The molecule has 0 unspecified atom stereocenters. The summed E-state index contributed by atoms with van der Waals surface area (Å²) in [7, 11) is 2.17. The lowest BCUT2D eigenvalue weighted by Gasteiger charge is -2.51. The number of carbonyl (C=O) groups is 1. The average Bonchev–Trinajstić information content (AvgIpc) is 3.12. The molecule has 0 bridgehead atoms. The molecule has 2 saturated heterocycles. The van der Waals surface area contributed by atoms with Gasteiger partial charge in [0.1, 0.15) is 0 Å². The third kappa shape index (κ3) is 4.13. The van der Waals surface area contributed by atoms with Crippen LogP contribution in [0.2, 0.25) is 0 Å². The molecule has 1 aromatic carbocycles. The second-order valence-electron chi connectivity index (χ2n) is 9.74. The van der Waals surface area contributed by atoms with Crippen LogP contribution < -0.4 is 10.2 Å². The number of alkyl halides is 3. The number of hydrogen-bond acceptors (Lipinski definition) is 5. The molecule has 0 radical (unpaired) electrons. The van der Waals surface area contributed by atoms with Gasteiger partial charge in [0, 0.05) is 18.0 Å². The van der Waals surface area contributed by atoms with E-state index in [9.17, 15) is 18.0 Å². The Morgan fingerprint density at radius 2 is 1.76 bits per heavy atom. The van der Waals surface area contributed by atoms with Crippen molar-refractivity contribution in [1.29, 1.82) is 0 Å². The van der Waals surface area contributed by atoms with E-state index < -0.39 is 17.5 Å². The van der Waals surface area contributed by atoms with Crippen molar-refractivity contribution in [2.45, 2.75) is 42.9 Å². The molecular weight excluding hydrogens is 447 g/mol. The van der Waals surface area contributed by atoms with Gasteiger partial charge in [-0.2, -0.15) is 13.2 Å². The zero-order chi connectivity index (χ0) is 24.0. The first-order chi connectivity index (χ1) is 16.2. The topological polar surface area (TPSA) is 70.6 Å². The highest BCUT2D eigenvalue weighted by Gasteiger charge is 2.51. The molecule has 0 atom stereocenters. The maximum atomic E-state index is 12.8. The summed E-state index contributed by atoms with van der Waals surface area (Å²) in [4.78, 5) is 23.5. The first kappa shape index (κ1) is 23.0. The summed E-state index contributed by atoms with van der Waals surface area (Å²) in [6.07, 6.45) is 0.764. The van der Waals surface area contributed by atoms with E-state index in [2.05, 4.69) is 51.5 Å². The van der Waals surface area contributed by atoms with E-state index in [0.29, 0.717) is 12.5 Å². The monoisotopic (exact) mass is 475 g/mol. The molecule has 3 heterocycles. The Morgan fingerprint density at radius 3 is 2.32 bits per heavy atom. The first-order valence-electron chi connectivity index (χ1n) is 11.5. The van der Waals surface area contributed by atoms with Gasteiger partial charge in [-0.3, -0.25) is 9.80 Å². The normalized spacial score (nSPS) is 27.8. The van der Waals surface area contributed by atoms with Gasteiger partial charge in [0.05, 0.1) is 43.4 Å². The molecule has 1 aliphatic carbocycles. The van der Waals surface area contributed by atoms with Gasteiger partial charge >= 0.3 is 12.2 Å². The van der Waals surface area contributed by atoms with Gasteiger partial charge in [0.2, 0.25) is 5.82 Å². The Balaban J connectivity index is 1.33. The van der Waals surface area contributed by atoms with Gasteiger partial charge in [-0.05, 0) is 38.3 Å². The zero-order valence-corrected chi connectivity index (χ0v) is 19.0. The van der Waals surface area contributed by atoms with Crippen molar-refractivity contribution in [3.05, 3.63) is 54.1 Å². The number of rotatable bonds is 5. The zero-order valence-electron chi connectivity index (χ0n) is 19.0. The van der Waals surface area contributed by atoms with E-state index in [4.69, 9.17) is 4.74 Å². The molecule has 2 amide bonds. The maximum Gasteiger partial charge on any atom is 0.451 e. The van der Waals surface area contributed by atoms with E-state index >= 15 is 0 Å². The summed E-state index contributed by atoms with van der Waals surface area (Å²) in [5.41, 5.74) is 0.963. The fourth-order valence-corrected chi connectivity index (χ4v) is 5.54. The molecule has 2 aliphatic heterocycles. The summed E-state index contributed by atoms with van der Waals surface area (Å²) in [5, 5.41) is 3.12. The highest BCUT2D eigenvalue weighted by atomic mass is 19.4. The summed E-state index contributed by atoms with van der Waals surface area (Å²) in [6.45, 7) is 2.91. The molecule has 2 aromatic rings. The number of nitrogens with one attached hydrogen (secondary N) is 1. The van der Waals surface area contributed by atoms with Crippen LogP contribution in [0.5, 0.6) is 0 Å². The third-order valence-corrected chi connectivity index (χ3v) is 7.60. The fraction of sp³-hybridized carbons (Fsp3) is 0.542. The Kier molecular flexibility index (Phi) is 5.76. The molecule has 10 heteroatoms. The van der Waals surface area contributed by atoms with E-state index in [-0.39, 0.29) is 17.3 Å². The second-order valence-corrected chi connectivity index (χ2v) is 9.74. The Morgan fingerprint density at radius 1 is 1.12 bits per heavy atom. The summed E-state index contributed by atoms with van der Waals surface area (Å²) >= 11 is 0. The van der Waals surface area contributed by atoms with Crippen LogP contribution in [-0.2, 0) is 16.5 Å². The molecule has 1 spiro atoms. The van der Waals surface area contributed by atoms with Gasteiger partial charge in [0.15, 0.2) is 0 Å². The maximum absolute atomic E-state index is 12.8. The fourth-order valence-electron chi connectivity index (χ4n) is 5.54. The number of amides is 2. The largest absolute Gasteiger partial charge is 0.451 e. The SMILES string of the molecule is CN(CC1COC1)[C@]1(c2ccccc2)CC[C@]2(CC1)CN(c1cnc(C(F)(F)F)nc1)C(=O)N2. The average molecular weight is 476 g/mol. The first-order valence-corrected chi connectivity index (χ1v) is 11.5. The number of urea groups is 1. The Hall–Kier alpha value is -2.72. The van der Waals surface area contributed by atoms with Crippen molar-refractivity contribution < 1.29 is 22.7 Å². The van der Waals surface area contributed by atoms with E-state index in [1.54, 1.807) is 0 Å². The van der Waals surface area contributed by atoms with Crippen molar-refractivity contribution in [3.8, 4) is 0 Å². The lowest BCUT2D eigenvalue weighted by Crippen LogP contribution is -2.56. The highest BCUT2D eigenvalue weighted by molar-refractivity contribution is 5.95. The number of benzene rings is 1. The predicted octanol–water partition coefficient (Wildman–Crippen LogP) is 3.81. The van der Waals surface area contributed by atoms with Crippen LogP contribution in [0.15, 0.2) is 42.7 Å². The molecule has 1 aromatic heterocycles. The van der Waals surface area contributed by atoms with Gasteiger partial charge in [0.25, 0.3) is 0 Å².